The molecule has 0 N–H and O–H groups in total. The third kappa shape index (κ3) is 3.50. The number of hydrogen-bond donors (Lipinski definition) is 0. The van der Waals surface area contributed by atoms with Gasteiger partial charge in [0.1, 0.15) is 0 Å². The Morgan fingerprint density at radius 2 is 1.63 bits per heavy atom. The number of halogens is 3. The monoisotopic (exact) mass is 271 g/mol. The lowest BCUT2D eigenvalue weighted by Crippen LogP contribution is -2.33. The number of likely N-dealkylation sites (tertiary alicyclic amines) is 1. The summed E-state index contributed by atoms with van der Waals surface area (Å²) >= 11 is 0. The predicted molar refractivity (Wildman–Crippen MR) is 69.9 cm³/mol. The van der Waals surface area contributed by atoms with Crippen LogP contribution in [0, 0.1) is 0 Å². The molecule has 4 heteroatoms. The number of piperidine rings is 1. The highest BCUT2D eigenvalue weighted by Gasteiger charge is 2.30. The highest BCUT2D eigenvalue weighted by molar-refractivity contribution is 5.27. The zero-order chi connectivity index (χ0) is 13.9. The van der Waals surface area contributed by atoms with Gasteiger partial charge in [-0.05, 0) is 50.0 Å². The molecule has 0 aromatic heterocycles. The van der Waals surface area contributed by atoms with Crippen molar-refractivity contribution in [2.24, 2.45) is 0 Å². The molecule has 1 unspecified atom stereocenters. The number of benzene rings is 1. The topological polar surface area (TPSA) is 3.24 Å². The van der Waals surface area contributed by atoms with Gasteiger partial charge in [-0.3, -0.25) is 4.90 Å². The quantitative estimate of drug-likeness (QED) is 0.774. The van der Waals surface area contributed by atoms with E-state index in [0.29, 0.717) is 0 Å². The van der Waals surface area contributed by atoms with Crippen LogP contribution in [0.25, 0.3) is 0 Å². The second kappa shape index (κ2) is 5.95. The summed E-state index contributed by atoms with van der Waals surface area (Å²) in [7, 11) is 0. The molecule has 19 heavy (non-hydrogen) atoms. The maximum absolute atomic E-state index is 12.5. The largest absolute Gasteiger partial charge is 0.416 e. The minimum Gasteiger partial charge on any atom is -0.296 e. The highest BCUT2D eigenvalue weighted by atomic mass is 19.4. The molecule has 0 amide bonds. The molecule has 1 aliphatic rings. The van der Waals surface area contributed by atoms with Gasteiger partial charge in [-0.25, -0.2) is 0 Å². The van der Waals surface area contributed by atoms with Crippen molar-refractivity contribution < 1.29 is 13.2 Å². The molecule has 0 bridgehead atoms. The Labute approximate surface area is 112 Å². The van der Waals surface area contributed by atoms with Crippen molar-refractivity contribution in [1.29, 1.82) is 0 Å². The van der Waals surface area contributed by atoms with Crippen LogP contribution in [0.1, 0.15) is 49.8 Å². The first-order chi connectivity index (χ1) is 9.02. The van der Waals surface area contributed by atoms with Crippen molar-refractivity contribution >= 4 is 0 Å². The van der Waals surface area contributed by atoms with Gasteiger partial charge in [0.15, 0.2) is 0 Å². The smallest absolute Gasteiger partial charge is 0.296 e. The van der Waals surface area contributed by atoms with Crippen molar-refractivity contribution in [3.63, 3.8) is 0 Å². The first-order valence-electron chi connectivity index (χ1n) is 6.93. The van der Waals surface area contributed by atoms with Gasteiger partial charge in [0.25, 0.3) is 0 Å². The van der Waals surface area contributed by atoms with Crippen LogP contribution < -0.4 is 0 Å². The normalized spacial score (nSPS) is 19.4. The van der Waals surface area contributed by atoms with E-state index in [-0.39, 0.29) is 6.04 Å². The van der Waals surface area contributed by atoms with Crippen molar-refractivity contribution in [2.45, 2.75) is 44.8 Å². The second-order valence-electron chi connectivity index (χ2n) is 5.14. The molecule has 0 aliphatic carbocycles. The fourth-order valence-electron chi connectivity index (χ4n) is 2.83. The Hall–Kier alpha value is -1.03. The van der Waals surface area contributed by atoms with Crippen molar-refractivity contribution in [3.8, 4) is 0 Å². The van der Waals surface area contributed by atoms with E-state index in [0.717, 1.165) is 25.1 Å². The molecule has 0 saturated carbocycles. The molecule has 106 valence electrons. The van der Waals surface area contributed by atoms with Gasteiger partial charge in [0.05, 0.1) is 5.56 Å². The van der Waals surface area contributed by atoms with Crippen LogP contribution in [0.2, 0.25) is 0 Å². The maximum Gasteiger partial charge on any atom is 0.416 e. The minimum absolute atomic E-state index is 0.252. The summed E-state index contributed by atoms with van der Waals surface area (Å²) in [6, 6.07) is 5.91. The van der Waals surface area contributed by atoms with Crippen LogP contribution in [0.15, 0.2) is 24.3 Å². The van der Waals surface area contributed by atoms with Gasteiger partial charge < -0.3 is 0 Å². The number of alkyl halides is 3. The van der Waals surface area contributed by atoms with Crippen LogP contribution in [0.3, 0.4) is 0 Å². The third-order valence-corrected chi connectivity index (χ3v) is 3.84. The number of rotatable bonds is 3. The summed E-state index contributed by atoms with van der Waals surface area (Å²) in [5.41, 5.74) is 0.433. The molecule has 0 radical (unpaired) electrons. The molecule has 1 aromatic carbocycles. The van der Waals surface area contributed by atoms with Crippen LogP contribution in [0.4, 0.5) is 13.2 Å². The molecule has 1 saturated heterocycles. The summed E-state index contributed by atoms with van der Waals surface area (Å²) in [5, 5.41) is 0. The lowest BCUT2D eigenvalue weighted by molar-refractivity contribution is -0.137. The van der Waals surface area contributed by atoms with E-state index in [1.807, 2.05) is 0 Å². The van der Waals surface area contributed by atoms with Gasteiger partial charge in [-0.15, -0.1) is 0 Å². The predicted octanol–water partition coefficient (Wildman–Crippen LogP) is 4.64. The van der Waals surface area contributed by atoms with E-state index in [2.05, 4.69) is 11.8 Å². The number of nitrogens with zero attached hydrogens (tertiary/aromatic N) is 1. The Balaban J connectivity index is 2.14. The molecule has 1 nitrogen and oxygen atoms in total. The zero-order valence-corrected chi connectivity index (χ0v) is 11.2. The molecular formula is C15H20F3N. The first kappa shape index (κ1) is 14.4. The average Bonchev–Trinajstić information content (AvgIpc) is 2.40. The van der Waals surface area contributed by atoms with Crippen LogP contribution in [-0.2, 0) is 6.18 Å². The van der Waals surface area contributed by atoms with E-state index in [1.165, 1.54) is 31.4 Å². The van der Waals surface area contributed by atoms with E-state index in [9.17, 15) is 13.2 Å². The molecule has 1 fully saturated rings. The third-order valence-electron chi connectivity index (χ3n) is 3.84. The van der Waals surface area contributed by atoms with E-state index in [4.69, 9.17) is 0 Å². The fourth-order valence-corrected chi connectivity index (χ4v) is 2.83. The van der Waals surface area contributed by atoms with E-state index >= 15 is 0 Å². The van der Waals surface area contributed by atoms with E-state index in [1.54, 1.807) is 12.1 Å². The van der Waals surface area contributed by atoms with Gasteiger partial charge in [0, 0.05) is 6.04 Å². The number of hydrogen-bond acceptors (Lipinski definition) is 1. The van der Waals surface area contributed by atoms with Crippen LogP contribution in [0.5, 0.6) is 0 Å². The Kier molecular flexibility index (Phi) is 4.50. The Bertz CT molecular complexity index is 391. The first-order valence-corrected chi connectivity index (χ1v) is 6.93. The fraction of sp³-hybridized carbons (Fsp3) is 0.600. The van der Waals surface area contributed by atoms with Gasteiger partial charge in [-0.1, -0.05) is 25.5 Å². The van der Waals surface area contributed by atoms with Crippen molar-refractivity contribution in [2.75, 3.05) is 13.1 Å². The second-order valence-corrected chi connectivity index (χ2v) is 5.14. The van der Waals surface area contributed by atoms with Crippen LogP contribution >= 0.6 is 0 Å². The molecule has 2 rings (SSSR count). The van der Waals surface area contributed by atoms with Crippen LogP contribution in [-0.4, -0.2) is 18.0 Å². The summed E-state index contributed by atoms with van der Waals surface area (Å²) in [6.07, 6.45) is 0.338. The molecule has 1 aliphatic heterocycles. The molecular weight excluding hydrogens is 251 g/mol. The summed E-state index contributed by atoms with van der Waals surface area (Å²) in [6.45, 7) is 4.20. The average molecular weight is 271 g/mol. The lowest BCUT2D eigenvalue weighted by atomic mass is 9.98. The summed E-state index contributed by atoms with van der Waals surface area (Å²) in [5.74, 6) is 0. The lowest BCUT2D eigenvalue weighted by Gasteiger charge is -2.34. The molecule has 1 aromatic rings. The highest BCUT2D eigenvalue weighted by Crippen LogP contribution is 2.32. The van der Waals surface area contributed by atoms with Crippen molar-refractivity contribution in [1.82, 2.24) is 4.90 Å². The summed E-state index contributed by atoms with van der Waals surface area (Å²) < 4.78 is 37.6. The van der Waals surface area contributed by atoms with Gasteiger partial charge >= 0.3 is 6.18 Å². The summed E-state index contributed by atoms with van der Waals surface area (Å²) in [4.78, 5) is 2.39. The minimum atomic E-state index is -4.24. The Morgan fingerprint density at radius 1 is 1.05 bits per heavy atom. The Morgan fingerprint density at radius 3 is 2.11 bits per heavy atom. The van der Waals surface area contributed by atoms with Gasteiger partial charge in [0.2, 0.25) is 0 Å². The maximum atomic E-state index is 12.5. The van der Waals surface area contributed by atoms with Crippen molar-refractivity contribution in [3.05, 3.63) is 35.4 Å². The zero-order valence-electron chi connectivity index (χ0n) is 11.2. The van der Waals surface area contributed by atoms with Gasteiger partial charge in [-0.2, -0.15) is 13.2 Å². The molecule has 1 atom stereocenters. The standard InChI is InChI=1S/C15H20F3N/c1-2-14(19-10-4-3-5-11-19)12-6-8-13(9-7-12)15(16,17)18/h6-9,14H,2-5,10-11H2,1H3. The molecule has 1 heterocycles. The SMILES string of the molecule is CCC(c1ccc(C(F)(F)F)cc1)N1CCCCC1. The van der Waals surface area contributed by atoms with E-state index < -0.39 is 11.7 Å². The molecule has 0 spiro atoms.